The number of nitrogens with one attached hydrogen (secondary N) is 1. The van der Waals surface area contributed by atoms with Crippen LogP contribution < -0.4 is 10.2 Å². The Labute approximate surface area is 129 Å². The molecule has 2 aromatic carbocycles. The summed E-state index contributed by atoms with van der Waals surface area (Å²) < 4.78 is 10.3. The smallest absolute Gasteiger partial charge is 0.427 e. The average molecular weight is 298 g/mol. The highest BCUT2D eigenvalue weighted by Gasteiger charge is 2.07. The highest BCUT2D eigenvalue weighted by Crippen LogP contribution is 2.20. The number of hydrogen-bond acceptors (Lipinski definition) is 4. The van der Waals surface area contributed by atoms with E-state index >= 15 is 0 Å². The molecular formula is C17H18N2O3. The zero-order chi connectivity index (χ0) is 15.8. The molecular weight excluding hydrogens is 280 g/mol. The lowest BCUT2D eigenvalue weighted by molar-refractivity contribution is 0.171. The minimum atomic E-state index is -0.609. The van der Waals surface area contributed by atoms with Crippen molar-refractivity contribution in [3.8, 4) is 5.75 Å². The van der Waals surface area contributed by atoms with E-state index in [0.29, 0.717) is 18.1 Å². The van der Waals surface area contributed by atoms with Crippen LogP contribution in [0.4, 0.5) is 4.79 Å². The Hall–Kier alpha value is -2.82. The number of ether oxygens (including phenoxy) is 2. The normalized spacial score (nSPS) is 10.9. The lowest BCUT2D eigenvalue weighted by Gasteiger charge is -2.11. The second-order valence-corrected chi connectivity index (χ2v) is 4.57. The maximum absolute atomic E-state index is 11.1. The molecule has 0 bridgehead atoms. The number of benzene rings is 2. The molecule has 1 N–H and O–H groups in total. The fourth-order valence-electron chi connectivity index (χ4n) is 1.86. The summed E-state index contributed by atoms with van der Waals surface area (Å²) in [4.78, 5) is 11.1. The molecule has 0 spiro atoms. The van der Waals surface area contributed by atoms with E-state index in [4.69, 9.17) is 4.74 Å². The number of hydrazone groups is 1. The molecule has 0 saturated heterocycles. The molecule has 0 heterocycles. The van der Waals surface area contributed by atoms with Gasteiger partial charge in [-0.25, -0.2) is 10.2 Å². The largest absolute Gasteiger partial charge is 0.488 e. The van der Waals surface area contributed by atoms with Crippen molar-refractivity contribution < 1.29 is 14.3 Å². The van der Waals surface area contributed by atoms with Crippen LogP contribution in [-0.2, 0) is 11.3 Å². The minimum Gasteiger partial charge on any atom is -0.488 e. The highest BCUT2D eigenvalue weighted by molar-refractivity contribution is 6.01. The van der Waals surface area contributed by atoms with Gasteiger partial charge in [-0.05, 0) is 24.6 Å². The molecule has 5 nitrogen and oxygen atoms in total. The maximum atomic E-state index is 11.1. The van der Waals surface area contributed by atoms with E-state index < -0.39 is 6.09 Å². The number of carbonyl (C=O) groups is 1. The first-order chi connectivity index (χ1) is 10.7. The molecule has 0 aromatic heterocycles. The van der Waals surface area contributed by atoms with Gasteiger partial charge in [-0.1, -0.05) is 42.5 Å². The van der Waals surface area contributed by atoms with Gasteiger partial charge < -0.3 is 9.47 Å². The van der Waals surface area contributed by atoms with E-state index in [2.05, 4.69) is 15.3 Å². The lowest BCUT2D eigenvalue weighted by Crippen LogP contribution is -2.18. The predicted molar refractivity (Wildman–Crippen MR) is 85.0 cm³/mol. The molecule has 0 fully saturated rings. The van der Waals surface area contributed by atoms with E-state index in [1.165, 1.54) is 7.11 Å². The predicted octanol–water partition coefficient (Wildman–Crippen LogP) is 3.35. The van der Waals surface area contributed by atoms with Crippen LogP contribution in [0.5, 0.6) is 5.75 Å². The highest BCUT2D eigenvalue weighted by atomic mass is 16.5. The van der Waals surface area contributed by atoms with Crippen LogP contribution in [0.15, 0.2) is 59.7 Å². The van der Waals surface area contributed by atoms with Gasteiger partial charge >= 0.3 is 6.09 Å². The van der Waals surface area contributed by atoms with Crippen molar-refractivity contribution in [2.45, 2.75) is 13.5 Å². The average Bonchev–Trinajstić information content (AvgIpc) is 2.58. The fourth-order valence-corrected chi connectivity index (χ4v) is 1.86. The van der Waals surface area contributed by atoms with Crippen LogP contribution in [0.2, 0.25) is 0 Å². The van der Waals surface area contributed by atoms with Gasteiger partial charge in [0.2, 0.25) is 0 Å². The molecule has 114 valence electrons. The minimum absolute atomic E-state index is 0.468. The van der Waals surface area contributed by atoms with Crippen LogP contribution in [0.1, 0.15) is 18.1 Å². The molecule has 1 amide bonds. The first-order valence-electron chi connectivity index (χ1n) is 6.85. The van der Waals surface area contributed by atoms with E-state index in [9.17, 15) is 4.79 Å². The van der Waals surface area contributed by atoms with Crippen LogP contribution in [0.3, 0.4) is 0 Å². The SMILES string of the molecule is COC(=O)N/N=C(/C)c1ccccc1OCc1ccccc1. The topological polar surface area (TPSA) is 59.9 Å². The van der Waals surface area contributed by atoms with Crippen molar-refractivity contribution in [2.24, 2.45) is 5.10 Å². The number of methoxy groups -OCH3 is 1. The molecule has 5 heteroatoms. The van der Waals surface area contributed by atoms with Gasteiger partial charge in [0.25, 0.3) is 0 Å². The molecule has 0 aliphatic heterocycles. The fraction of sp³-hybridized carbons (Fsp3) is 0.176. The Morgan fingerprint density at radius 2 is 1.77 bits per heavy atom. The Morgan fingerprint density at radius 1 is 1.09 bits per heavy atom. The van der Waals surface area contributed by atoms with Gasteiger partial charge in [-0.15, -0.1) is 0 Å². The van der Waals surface area contributed by atoms with Crippen molar-refractivity contribution in [3.63, 3.8) is 0 Å². The Kier molecular flexibility index (Phi) is 5.54. The molecule has 0 saturated carbocycles. The Bertz CT molecular complexity index is 654. The quantitative estimate of drug-likeness (QED) is 0.680. The lowest BCUT2D eigenvalue weighted by atomic mass is 10.1. The van der Waals surface area contributed by atoms with Crippen LogP contribution in [0, 0.1) is 0 Å². The van der Waals surface area contributed by atoms with E-state index in [1.54, 1.807) is 6.92 Å². The second kappa shape index (κ2) is 7.83. The molecule has 2 aromatic rings. The van der Waals surface area contributed by atoms with Crippen LogP contribution >= 0.6 is 0 Å². The van der Waals surface area contributed by atoms with Gasteiger partial charge in [-0.3, -0.25) is 0 Å². The van der Waals surface area contributed by atoms with Gasteiger partial charge in [0.15, 0.2) is 0 Å². The van der Waals surface area contributed by atoms with Gasteiger partial charge in [0.05, 0.1) is 12.8 Å². The number of rotatable bonds is 5. The zero-order valence-electron chi connectivity index (χ0n) is 12.6. The molecule has 0 atom stereocenters. The molecule has 0 aliphatic carbocycles. The Balaban J connectivity index is 2.11. The summed E-state index contributed by atoms with van der Waals surface area (Å²) in [6.45, 7) is 2.26. The van der Waals surface area contributed by atoms with E-state index in [1.807, 2.05) is 54.6 Å². The van der Waals surface area contributed by atoms with Crippen molar-refractivity contribution in [1.29, 1.82) is 0 Å². The summed E-state index contributed by atoms with van der Waals surface area (Å²) in [6, 6.07) is 17.5. The number of amides is 1. The van der Waals surface area contributed by atoms with Crippen LogP contribution in [0.25, 0.3) is 0 Å². The van der Waals surface area contributed by atoms with E-state index in [0.717, 1.165) is 11.1 Å². The maximum Gasteiger partial charge on any atom is 0.427 e. The number of hydrogen-bond donors (Lipinski definition) is 1. The van der Waals surface area contributed by atoms with Crippen molar-refractivity contribution >= 4 is 11.8 Å². The molecule has 22 heavy (non-hydrogen) atoms. The summed E-state index contributed by atoms with van der Waals surface area (Å²) in [5.74, 6) is 0.708. The summed E-state index contributed by atoms with van der Waals surface area (Å²) in [5, 5.41) is 3.99. The second-order valence-electron chi connectivity index (χ2n) is 4.57. The number of nitrogens with zero attached hydrogens (tertiary/aromatic N) is 1. The first-order valence-corrected chi connectivity index (χ1v) is 6.85. The van der Waals surface area contributed by atoms with Gasteiger partial charge in [0.1, 0.15) is 12.4 Å². The Morgan fingerprint density at radius 3 is 2.50 bits per heavy atom. The number of para-hydroxylation sites is 1. The summed E-state index contributed by atoms with van der Waals surface area (Å²) in [7, 11) is 1.29. The van der Waals surface area contributed by atoms with Crippen molar-refractivity contribution in [2.75, 3.05) is 7.11 Å². The standard InChI is InChI=1S/C17H18N2O3/c1-13(18-19-17(20)21-2)15-10-6-7-11-16(15)22-12-14-8-4-3-5-9-14/h3-11H,12H2,1-2H3,(H,19,20)/b18-13-. The monoisotopic (exact) mass is 298 g/mol. The summed E-state index contributed by atoms with van der Waals surface area (Å²) in [5.41, 5.74) is 4.83. The third-order valence-corrected chi connectivity index (χ3v) is 3.01. The third-order valence-electron chi connectivity index (χ3n) is 3.01. The number of carbonyl (C=O) groups excluding carboxylic acids is 1. The zero-order valence-corrected chi connectivity index (χ0v) is 12.6. The van der Waals surface area contributed by atoms with Gasteiger partial charge in [0, 0.05) is 5.56 Å². The molecule has 0 unspecified atom stereocenters. The molecule has 2 rings (SSSR count). The molecule has 0 radical (unpaired) electrons. The summed E-state index contributed by atoms with van der Waals surface area (Å²) in [6.07, 6.45) is -0.609. The van der Waals surface area contributed by atoms with Crippen molar-refractivity contribution in [1.82, 2.24) is 5.43 Å². The van der Waals surface area contributed by atoms with Crippen LogP contribution in [-0.4, -0.2) is 18.9 Å². The van der Waals surface area contributed by atoms with Gasteiger partial charge in [-0.2, -0.15) is 5.10 Å². The summed E-state index contributed by atoms with van der Waals surface area (Å²) >= 11 is 0. The van der Waals surface area contributed by atoms with Crippen molar-refractivity contribution in [3.05, 3.63) is 65.7 Å². The molecule has 0 aliphatic rings. The van der Waals surface area contributed by atoms with E-state index in [-0.39, 0.29) is 0 Å². The first kappa shape index (κ1) is 15.6. The third kappa shape index (κ3) is 4.34.